The quantitative estimate of drug-likeness (QED) is 0.564. The van der Waals surface area contributed by atoms with Gasteiger partial charge in [0.1, 0.15) is 6.04 Å². The van der Waals surface area contributed by atoms with Crippen molar-refractivity contribution in [3.8, 4) is 0 Å². The minimum atomic E-state index is -5.96. The lowest BCUT2D eigenvalue weighted by Crippen LogP contribution is -2.59. The zero-order valence-electron chi connectivity index (χ0n) is 9.35. The van der Waals surface area contributed by atoms with Crippen LogP contribution in [0.25, 0.3) is 0 Å². The first kappa shape index (κ1) is 16.7. The second-order valence-corrected chi connectivity index (χ2v) is 5.47. The predicted molar refractivity (Wildman–Crippen MR) is 62.6 cm³/mol. The van der Waals surface area contributed by atoms with Gasteiger partial charge in [-0.25, -0.2) is 0 Å². The lowest BCUT2D eigenvalue weighted by atomic mass is 10.1. The Morgan fingerprint density at radius 1 is 1.26 bits per heavy atom. The average Bonchev–Trinajstić information content (AvgIpc) is 2.35. The molecule has 1 rings (SSSR count). The first-order chi connectivity index (χ1) is 8.63. The van der Waals surface area contributed by atoms with Crippen LogP contribution in [-0.2, 0) is 9.59 Å². The summed E-state index contributed by atoms with van der Waals surface area (Å²) >= 11 is 4.03. The molecule has 1 saturated heterocycles. The maximum atomic E-state index is 13.0. The maximum Gasteiger partial charge on any atom is 0.463 e. The van der Waals surface area contributed by atoms with Crippen molar-refractivity contribution in [2.45, 2.75) is 18.1 Å². The van der Waals surface area contributed by atoms with Crippen LogP contribution >= 0.6 is 27.7 Å². The van der Waals surface area contributed by atoms with Gasteiger partial charge in [-0.1, -0.05) is 15.9 Å². The van der Waals surface area contributed by atoms with E-state index in [1.165, 1.54) is 11.8 Å². The summed E-state index contributed by atoms with van der Waals surface area (Å²) in [6, 6.07) is -1.25. The number of carbonyl (C=O) groups excluding carboxylic acids is 2. The van der Waals surface area contributed by atoms with Crippen LogP contribution in [0.5, 0.6) is 0 Å². The zero-order valence-corrected chi connectivity index (χ0v) is 11.7. The largest absolute Gasteiger partial charge is 0.463 e. The average molecular weight is 370 g/mol. The highest BCUT2D eigenvalue weighted by Crippen LogP contribution is 2.38. The molecule has 0 bridgehead atoms. The van der Waals surface area contributed by atoms with Gasteiger partial charge in [0.15, 0.2) is 5.78 Å². The lowest BCUT2D eigenvalue weighted by Gasteiger charge is -2.36. The molecule has 0 saturated carbocycles. The number of nitrogens with zero attached hydrogens (tertiary/aromatic N) is 1. The molecule has 3 nitrogen and oxygen atoms in total. The molecule has 0 aromatic rings. The molecule has 19 heavy (non-hydrogen) atoms. The lowest BCUT2D eigenvalue weighted by molar-refractivity contribution is -0.275. The summed E-state index contributed by atoms with van der Waals surface area (Å²) in [6.07, 6.45) is -5.96. The summed E-state index contributed by atoms with van der Waals surface area (Å²) in [7, 11) is 0. The van der Waals surface area contributed by atoms with Gasteiger partial charge in [0.25, 0.3) is 0 Å². The number of amides is 1. The van der Waals surface area contributed by atoms with Crippen molar-refractivity contribution in [2.75, 3.05) is 23.4 Å². The molecule has 0 radical (unpaired) electrons. The predicted octanol–water partition coefficient (Wildman–Crippen LogP) is 2.09. The van der Waals surface area contributed by atoms with E-state index in [1.54, 1.807) is 0 Å². The summed E-state index contributed by atoms with van der Waals surface area (Å²) in [5.41, 5.74) is 0. The monoisotopic (exact) mass is 369 g/mol. The highest BCUT2D eigenvalue weighted by Gasteiger charge is 2.65. The fourth-order valence-electron chi connectivity index (χ4n) is 1.50. The Morgan fingerprint density at radius 2 is 1.84 bits per heavy atom. The second-order valence-electron chi connectivity index (χ2n) is 3.76. The molecule has 0 aromatic heterocycles. The van der Waals surface area contributed by atoms with Gasteiger partial charge in [-0.05, 0) is 0 Å². The van der Waals surface area contributed by atoms with Crippen LogP contribution in [0, 0.1) is 0 Å². The first-order valence-electron chi connectivity index (χ1n) is 5.05. The molecule has 1 amide bonds. The van der Waals surface area contributed by atoms with Crippen LogP contribution in [0.2, 0.25) is 0 Å². The molecule has 1 unspecified atom stereocenters. The number of rotatable bonds is 3. The fraction of sp³-hybridized carbons (Fsp3) is 0.778. The van der Waals surface area contributed by atoms with Gasteiger partial charge < -0.3 is 4.90 Å². The van der Waals surface area contributed by atoms with E-state index in [0.717, 1.165) is 0 Å². The Labute approximate surface area is 118 Å². The third kappa shape index (κ3) is 3.39. The molecular formula is C9H9BrF5NO2S. The van der Waals surface area contributed by atoms with Gasteiger partial charge in [-0.3, -0.25) is 9.59 Å². The smallest absolute Gasteiger partial charge is 0.325 e. The Morgan fingerprint density at radius 3 is 2.32 bits per heavy atom. The molecule has 0 spiro atoms. The number of hydrogen-bond donors (Lipinski definition) is 0. The summed E-state index contributed by atoms with van der Waals surface area (Å²) < 4.78 is 62.5. The SMILES string of the molecule is O=C(CBr)C1CSCCN1C(=O)C(F)(F)C(F)(F)F. The van der Waals surface area contributed by atoms with Crippen molar-refractivity contribution in [3.05, 3.63) is 0 Å². The van der Waals surface area contributed by atoms with Gasteiger partial charge in [0.2, 0.25) is 0 Å². The second kappa shape index (κ2) is 5.94. The topological polar surface area (TPSA) is 37.4 Å². The molecule has 0 aliphatic carbocycles. The molecule has 0 N–H and O–H groups in total. The molecule has 1 aliphatic rings. The number of hydrogen-bond acceptors (Lipinski definition) is 3. The normalized spacial score (nSPS) is 21.4. The van der Waals surface area contributed by atoms with E-state index < -0.39 is 29.8 Å². The Bertz CT molecular complexity index is 376. The number of thioether (sulfide) groups is 1. The van der Waals surface area contributed by atoms with Gasteiger partial charge in [-0.15, -0.1) is 0 Å². The number of halogens is 6. The van der Waals surface area contributed by atoms with E-state index in [4.69, 9.17) is 0 Å². The van der Waals surface area contributed by atoms with E-state index in [2.05, 4.69) is 15.9 Å². The van der Waals surface area contributed by atoms with E-state index in [0.29, 0.717) is 4.90 Å². The van der Waals surface area contributed by atoms with E-state index in [9.17, 15) is 31.5 Å². The molecule has 1 fully saturated rings. The summed E-state index contributed by atoms with van der Waals surface area (Å²) in [4.78, 5) is 23.2. The zero-order chi connectivity index (χ0) is 14.8. The molecule has 10 heteroatoms. The van der Waals surface area contributed by atoms with E-state index >= 15 is 0 Å². The molecular weight excluding hydrogens is 361 g/mol. The van der Waals surface area contributed by atoms with Crippen LogP contribution in [0.15, 0.2) is 0 Å². The number of Topliss-reactive ketones (excluding diaryl/α,β-unsaturated/α-hetero) is 1. The number of alkyl halides is 6. The Hall–Kier alpha value is -0.380. The van der Waals surface area contributed by atoms with Crippen LogP contribution in [0.4, 0.5) is 22.0 Å². The van der Waals surface area contributed by atoms with E-state index in [-0.39, 0.29) is 23.4 Å². The summed E-state index contributed by atoms with van der Waals surface area (Å²) in [6.45, 7) is -0.307. The standard InChI is InChI=1S/C9H9BrF5NO2S/c10-3-6(17)5-4-19-2-1-16(5)7(18)8(11,12)9(13,14)15/h5H,1-4H2. The maximum absolute atomic E-state index is 13.0. The highest BCUT2D eigenvalue weighted by atomic mass is 79.9. The van der Waals surface area contributed by atoms with E-state index in [1.807, 2.05) is 0 Å². The first-order valence-corrected chi connectivity index (χ1v) is 7.32. The van der Waals surface area contributed by atoms with Crippen LogP contribution in [-0.4, -0.2) is 58.1 Å². The van der Waals surface area contributed by atoms with Crippen molar-refractivity contribution in [2.24, 2.45) is 0 Å². The fourth-order valence-corrected chi connectivity index (χ4v) is 2.96. The van der Waals surface area contributed by atoms with Crippen molar-refractivity contribution in [1.29, 1.82) is 0 Å². The van der Waals surface area contributed by atoms with Crippen molar-refractivity contribution in [3.63, 3.8) is 0 Å². The third-order valence-electron chi connectivity index (χ3n) is 2.52. The minimum Gasteiger partial charge on any atom is -0.325 e. The van der Waals surface area contributed by atoms with Crippen LogP contribution in [0.3, 0.4) is 0 Å². The van der Waals surface area contributed by atoms with Gasteiger partial charge >= 0.3 is 18.0 Å². The summed E-state index contributed by atoms with van der Waals surface area (Å²) in [5.74, 6) is -8.20. The van der Waals surface area contributed by atoms with Crippen LogP contribution < -0.4 is 0 Å². The molecule has 0 aromatic carbocycles. The molecule has 1 heterocycles. The van der Waals surface area contributed by atoms with Crippen molar-refractivity contribution >= 4 is 39.4 Å². The van der Waals surface area contributed by atoms with Gasteiger partial charge in [0.05, 0.1) is 5.33 Å². The number of ketones is 1. The van der Waals surface area contributed by atoms with Crippen molar-refractivity contribution in [1.82, 2.24) is 4.90 Å². The Kier molecular flexibility index (Phi) is 5.21. The van der Waals surface area contributed by atoms with Gasteiger partial charge in [-0.2, -0.15) is 33.7 Å². The third-order valence-corrected chi connectivity index (χ3v) is 4.09. The molecule has 110 valence electrons. The summed E-state index contributed by atoms with van der Waals surface area (Å²) in [5, 5.41) is -0.209. The highest BCUT2D eigenvalue weighted by molar-refractivity contribution is 9.09. The van der Waals surface area contributed by atoms with Crippen LogP contribution in [0.1, 0.15) is 0 Å². The molecule has 1 aliphatic heterocycles. The molecule has 1 atom stereocenters. The minimum absolute atomic E-state index is 0.0180. The number of carbonyl (C=O) groups is 2. The van der Waals surface area contributed by atoms with Crippen molar-refractivity contribution < 1.29 is 31.5 Å². The van der Waals surface area contributed by atoms with Gasteiger partial charge in [0, 0.05) is 18.1 Å². The Balaban J connectivity index is 2.98.